The standard InChI is InChI=1S/C14H24N4O/c1-2-5-15-7-13-8-16-14(17-9-13)18-6-3-4-12(10-18)11-19/h8-9,12,15,19H,2-7,10-11H2,1H3. The van der Waals surface area contributed by atoms with Crippen LogP contribution in [0.4, 0.5) is 5.95 Å². The minimum Gasteiger partial charge on any atom is -0.396 e. The summed E-state index contributed by atoms with van der Waals surface area (Å²) in [4.78, 5) is 11.1. The van der Waals surface area contributed by atoms with Gasteiger partial charge < -0.3 is 15.3 Å². The second-order valence-corrected chi connectivity index (χ2v) is 5.20. The lowest BCUT2D eigenvalue weighted by atomic mass is 9.99. The first-order chi connectivity index (χ1) is 9.33. The number of anilines is 1. The Morgan fingerprint density at radius 2 is 2.21 bits per heavy atom. The molecule has 1 saturated heterocycles. The van der Waals surface area contributed by atoms with Crippen LogP contribution in [0.3, 0.4) is 0 Å². The fraction of sp³-hybridized carbons (Fsp3) is 0.714. The molecule has 1 atom stereocenters. The van der Waals surface area contributed by atoms with Gasteiger partial charge in [0.25, 0.3) is 0 Å². The van der Waals surface area contributed by atoms with Gasteiger partial charge in [-0.05, 0) is 31.7 Å². The molecular weight excluding hydrogens is 240 g/mol. The van der Waals surface area contributed by atoms with E-state index in [1.807, 2.05) is 12.4 Å². The van der Waals surface area contributed by atoms with Crippen molar-refractivity contribution in [2.24, 2.45) is 5.92 Å². The zero-order valence-electron chi connectivity index (χ0n) is 11.7. The number of aliphatic hydroxyl groups is 1. The van der Waals surface area contributed by atoms with Gasteiger partial charge in [-0.15, -0.1) is 0 Å². The molecule has 2 N–H and O–H groups in total. The number of hydrogen-bond donors (Lipinski definition) is 2. The lowest BCUT2D eigenvalue weighted by Crippen LogP contribution is -2.37. The highest BCUT2D eigenvalue weighted by molar-refractivity contribution is 5.30. The van der Waals surface area contributed by atoms with E-state index in [1.54, 1.807) is 0 Å². The fourth-order valence-corrected chi connectivity index (χ4v) is 2.41. The van der Waals surface area contributed by atoms with Gasteiger partial charge in [0.15, 0.2) is 0 Å². The number of nitrogens with one attached hydrogen (secondary N) is 1. The third-order valence-corrected chi connectivity index (χ3v) is 3.51. The highest BCUT2D eigenvalue weighted by Crippen LogP contribution is 2.19. The van der Waals surface area contributed by atoms with E-state index in [1.165, 1.54) is 0 Å². The van der Waals surface area contributed by atoms with Crippen LogP contribution in [0, 0.1) is 5.92 Å². The van der Waals surface area contributed by atoms with Crippen molar-refractivity contribution in [3.05, 3.63) is 18.0 Å². The normalized spacial score (nSPS) is 19.7. The van der Waals surface area contributed by atoms with Gasteiger partial charge in [0.1, 0.15) is 0 Å². The molecule has 0 aromatic carbocycles. The molecule has 5 nitrogen and oxygen atoms in total. The molecule has 1 aromatic rings. The van der Waals surface area contributed by atoms with E-state index in [0.29, 0.717) is 5.92 Å². The zero-order valence-corrected chi connectivity index (χ0v) is 11.7. The number of nitrogens with zero attached hydrogens (tertiary/aromatic N) is 3. The van der Waals surface area contributed by atoms with E-state index in [9.17, 15) is 5.11 Å². The maximum Gasteiger partial charge on any atom is 0.225 e. The van der Waals surface area contributed by atoms with E-state index in [-0.39, 0.29) is 6.61 Å². The molecule has 106 valence electrons. The number of aliphatic hydroxyl groups excluding tert-OH is 1. The van der Waals surface area contributed by atoms with E-state index in [2.05, 4.69) is 27.1 Å². The SMILES string of the molecule is CCCNCc1cnc(N2CCCC(CO)C2)nc1. The summed E-state index contributed by atoms with van der Waals surface area (Å²) < 4.78 is 0. The third-order valence-electron chi connectivity index (χ3n) is 3.51. The minimum absolute atomic E-state index is 0.259. The Labute approximate surface area is 115 Å². The smallest absolute Gasteiger partial charge is 0.225 e. The van der Waals surface area contributed by atoms with Crippen LogP contribution in [0.1, 0.15) is 31.7 Å². The number of piperidine rings is 1. The Bertz CT molecular complexity index is 368. The number of aromatic nitrogens is 2. The summed E-state index contributed by atoms with van der Waals surface area (Å²) in [7, 11) is 0. The molecule has 19 heavy (non-hydrogen) atoms. The predicted octanol–water partition coefficient (Wildman–Crippen LogP) is 1.18. The summed E-state index contributed by atoms with van der Waals surface area (Å²) in [5.74, 6) is 1.15. The third kappa shape index (κ3) is 4.14. The molecule has 0 radical (unpaired) electrons. The summed E-state index contributed by atoms with van der Waals surface area (Å²) in [6.07, 6.45) is 7.14. The predicted molar refractivity (Wildman–Crippen MR) is 76.1 cm³/mol. The Morgan fingerprint density at radius 3 is 2.89 bits per heavy atom. The fourth-order valence-electron chi connectivity index (χ4n) is 2.41. The van der Waals surface area contributed by atoms with Crippen LogP contribution in [0.25, 0.3) is 0 Å². The van der Waals surface area contributed by atoms with Crippen LogP contribution in [-0.2, 0) is 6.54 Å². The molecule has 0 bridgehead atoms. The molecule has 1 unspecified atom stereocenters. The van der Waals surface area contributed by atoms with Crippen LogP contribution in [-0.4, -0.2) is 41.3 Å². The van der Waals surface area contributed by atoms with E-state index >= 15 is 0 Å². The van der Waals surface area contributed by atoms with Crippen molar-refractivity contribution >= 4 is 5.95 Å². The van der Waals surface area contributed by atoms with Gasteiger partial charge in [0, 0.05) is 44.2 Å². The summed E-state index contributed by atoms with van der Waals surface area (Å²) in [5.41, 5.74) is 1.12. The van der Waals surface area contributed by atoms with Crippen molar-refractivity contribution < 1.29 is 5.11 Å². The Balaban J connectivity index is 1.90. The van der Waals surface area contributed by atoms with E-state index in [4.69, 9.17) is 0 Å². The number of hydrogen-bond acceptors (Lipinski definition) is 5. The molecule has 1 fully saturated rings. The second kappa shape index (κ2) is 7.40. The molecule has 2 rings (SSSR count). The summed E-state index contributed by atoms with van der Waals surface area (Å²) in [5, 5.41) is 12.6. The summed E-state index contributed by atoms with van der Waals surface area (Å²) in [6, 6.07) is 0. The minimum atomic E-state index is 0.259. The maximum atomic E-state index is 9.24. The van der Waals surface area contributed by atoms with Gasteiger partial charge in [-0.1, -0.05) is 6.92 Å². The highest BCUT2D eigenvalue weighted by atomic mass is 16.3. The molecule has 1 aliphatic heterocycles. The Morgan fingerprint density at radius 1 is 1.42 bits per heavy atom. The first-order valence-corrected chi connectivity index (χ1v) is 7.21. The van der Waals surface area contributed by atoms with Crippen molar-refractivity contribution in [1.82, 2.24) is 15.3 Å². The van der Waals surface area contributed by atoms with Gasteiger partial charge >= 0.3 is 0 Å². The largest absolute Gasteiger partial charge is 0.396 e. The van der Waals surface area contributed by atoms with Gasteiger partial charge in [-0.3, -0.25) is 0 Å². The quantitative estimate of drug-likeness (QED) is 0.756. The van der Waals surface area contributed by atoms with Crippen molar-refractivity contribution in [2.45, 2.75) is 32.7 Å². The van der Waals surface area contributed by atoms with Crippen LogP contribution in [0.5, 0.6) is 0 Å². The average Bonchev–Trinajstić information content (AvgIpc) is 2.48. The van der Waals surface area contributed by atoms with Crippen LogP contribution in [0.2, 0.25) is 0 Å². The first kappa shape index (κ1) is 14.2. The molecule has 2 heterocycles. The first-order valence-electron chi connectivity index (χ1n) is 7.21. The Hall–Kier alpha value is -1.20. The van der Waals surface area contributed by atoms with Gasteiger partial charge in [0.2, 0.25) is 5.95 Å². The zero-order chi connectivity index (χ0) is 13.5. The summed E-state index contributed by atoms with van der Waals surface area (Å²) in [6.45, 7) is 6.11. The number of rotatable bonds is 6. The highest BCUT2D eigenvalue weighted by Gasteiger charge is 2.20. The molecule has 0 aliphatic carbocycles. The molecule has 0 spiro atoms. The Kier molecular flexibility index (Phi) is 5.54. The molecule has 0 amide bonds. The van der Waals surface area contributed by atoms with Gasteiger partial charge in [0.05, 0.1) is 0 Å². The maximum absolute atomic E-state index is 9.24. The second-order valence-electron chi connectivity index (χ2n) is 5.20. The molecule has 5 heteroatoms. The van der Waals surface area contributed by atoms with Crippen LogP contribution < -0.4 is 10.2 Å². The van der Waals surface area contributed by atoms with Crippen molar-refractivity contribution in [1.29, 1.82) is 0 Å². The van der Waals surface area contributed by atoms with E-state index in [0.717, 1.165) is 57.0 Å². The molecular formula is C14H24N4O. The average molecular weight is 264 g/mol. The van der Waals surface area contributed by atoms with E-state index < -0.39 is 0 Å². The van der Waals surface area contributed by atoms with Crippen LogP contribution in [0.15, 0.2) is 12.4 Å². The molecule has 0 saturated carbocycles. The van der Waals surface area contributed by atoms with Crippen molar-refractivity contribution in [2.75, 3.05) is 31.1 Å². The lowest BCUT2D eigenvalue weighted by molar-refractivity contribution is 0.208. The van der Waals surface area contributed by atoms with Gasteiger partial charge in [-0.2, -0.15) is 0 Å². The monoisotopic (exact) mass is 264 g/mol. The molecule has 1 aliphatic rings. The summed E-state index contributed by atoms with van der Waals surface area (Å²) >= 11 is 0. The van der Waals surface area contributed by atoms with Crippen LogP contribution >= 0.6 is 0 Å². The lowest BCUT2D eigenvalue weighted by Gasteiger charge is -2.31. The molecule has 1 aromatic heterocycles. The topological polar surface area (TPSA) is 61.3 Å². The van der Waals surface area contributed by atoms with Crippen molar-refractivity contribution in [3.8, 4) is 0 Å². The van der Waals surface area contributed by atoms with Crippen molar-refractivity contribution in [3.63, 3.8) is 0 Å². The van der Waals surface area contributed by atoms with Gasteiger partial charge in [-0.25, -0.2) is 9.97 Å².